The lowest BCUT2D eigenvalue weighted by atomic mass is 9.96. The van der Waals surface area contributed by atoms with E-state index < -0.39 is 0 Å². The molecule has 1 aliphatic heterocycles. The number of rotatable bonds is 3. The van der Waals surface area contributed by atoms with Gasteiger partial charge in [-0.25, -0.2) is 0 Å². The Morgan fingerprint density at radius 2 is 1.78 bits per heavy atom. The molecule has 0 spiro atoms. The van der Waals surface area contributed by atoms with Gasteiger partial charge in [-0.05, 0) is 31.9 Å². The van der Waals surface area contributed by atoms with Gasteiger partial charge in [0.1, 0.15) is 0 Å². The van der Waals surface area contributed by atoms with E-state index in [-0.39, 0.29) is 17.7 Å². The zero-order chi connectivity index (χ0) is 16.4. The molecule has 0 radical (unpaired) electrons. The van der Waals surface area contributed by atoms with E-state index in [9.17, 15) is 9.59 Å². The first-order valence-electron chi connectivity index (χ1n) is 7.64. The maximum atomic E-state index is 12.6. The summed E-state index contributed by atoms with van der Waals surface area (Å²) in [5, 5.41) is 8.66. The van der Waals surface area contributed by atoms with Gasteiger partial charge in [0.15, 0.2) is 5.69 Å². The van der Waals surface area contributed by atoms with Crippen molar-refractivity contribution in [2.75, 3.05) is 13.1 Å². The number of aromatic nitrogens is 3. The highest BCUT2D eigenvalue weighted by Crippen LogP contribution is 2.19. The molecule has 120 valence electrons. The highest BCUT2D eigenvalue weighted by Gasteiger charge is 2.28. The molecule has 1 aromatic carbocycles. The van der Waals surface area contributed by atoms with Gasteiger partial charge in [0.2, 0.25) is 5.91 Å². The summed E-state index contributed by atoms with van der Waals surface area (Å²) in [4.78, 5) is 27.0. The van der Waals surface area contributed by atoms with Crippen molar-refractivity contribution >= 4 is 11.8 Å². The van der Waals surface area contributed by atoms with Crippen LogP contribution in [0.1, 0.15) is 29.0 Å². The summed E-state index contributed by atoms with van der Waals surface area (Å²) < 4.78 is 0. The lowest BCUT2D eigenvalue weighted by Gasteiger charge is -2.30. The summed E-state index contributed by atoms with van der Waals surface area (Å²) in [5.41, 5.74) is 7.08. The zero-order valence-corrected chi connectivity index (χ0v) is 13.0. The molecule has 2 aromatic rings. The first kappa shape index (κ1) is 15.2. The van der Waals surface area contributed by atoms with E-state index in [1.54, 1.807) is 11.8 Å². The monoisotopic (exact) mass is 313 g/mol. The normalized spacial score (nSPS) is 15.6. The van der Waals surface area contributed by atoms with E-state index in [0.29, 0.717) is 37.3 Å². The summed E-state index contributed by atoms with van der Waals surface area (Å²) in [6.07, 6.45) is 1.21. The predicted octanol–water partition coefficient (Wildman–Crippen LogP) is 0.913. The van der Waals surface area contributed by atoms with E-state index in [0.717, 1.165) is 5.69 Å². The van der Waals surface area contributed by atoms with Crippen LogP contribution >= 0.6 is 0 Å². The minimum absolute atomic E-state index is 0.139. The third-order valence-corrected chi connectivity index (χ3v) is 4.16. The molecule has 7 heteroatoms. The number of para-hydroxylation sites is 1. The average molecular weight is 313 g/mol. The molecule has 1 fully saturated rings. The van der Waals surface area contributed by atoms with Crippen molar-refractivity contribution in [1.82, 2.24) is 19.9 Å². The third kappa shape index (κ3) is 3.08. The van der Waals surface area contributed by atoms with Crippen molar-refractivity contribution in [3.05, 3.63) is 41.7 Å². The second-order valence-corrected chi connectivity index (χ2v) is 5.73. The van der Waals surface area contributed by atoms with E-state index in [1.807, 2.05) is 30.3 Å². The second-order valence-electron chi connectivity index (χ2n) is 5.73. The molecule has 0 saturated carbocycles. The van der Waals surface area contributed by atoms with Gasteiger partial charge >= 0.3 is 0 Å². The maximum absolute atomic E-state index is 12.6. The fourth-order valence-electron chi connectivity index (χ4n) is 2.77. The standard InChI is InChI=1S/C16H19N5O2/c1-11-14(19-21(18-11)13-5-3-2-4-6-13)16(23)20-9-7-12(8-10-20)15(17)22/h2-6,12H,7-10H2,1H3,(H2,17,22). The Labute approximate surface area is 134 Å². The van der Waals surface area contributed by atoms with Crippen LogP contribution in [0.25, 0.3) is 5.69 Å². The molecule has 3 rings (SSSR count). The number of nitrogens with two attached hydrogens (primary N) is 1. The Bertz CT molecular complexity index is 717. The molecule has 2 N–H and O–H groups in total. The number of carbonyl (C=O) groups excluding carboxylic acids is 2. The van der Waals surface area contributed by atoms with Crippen LogP contribution in [0, 0.1) is 12.8 Å². The molecule has 0 aliphatic carbocycles. The van der Waals surface area contributed by atoms with Gasteiger partial charge in [-0.2, -0.15) is 9.90 Å². The van der Waals surface area contributed by atoms with Crippen LogP contribution in [-0.2, 0) is 4.79 Å². The summed E-state index contributed by atoms with van der Waals surface area (Å²) in [6, 6.07) is 9.46. The number of carbonyl (C=O) groups is 2. The van der Waals surface area contributed by atoms with Gasteiger partial charge < -0.3 is 10.6 Å². The van der Waals surface area contributed by atoms with Gasteiger partial charge in [0, 0.05) is 19.0 Å². The van der Waals surface area contributed by atoms with Crippen molar-refractivity contribution < 1.29 is 9.59 Å². The van der Waals surface area contributed by atoms with Gasteiger partial charge in [-0.3, -0.25) is 9.59 Å². The van der Waals surface area contributed by atoms with Crippen molar-refractivity contribution in [3.63, 3.8) is 0 Å². The Balaban J connectivity index is 1.76. The summed E-state index contributed by atoms with van der Waals surface area (Å²) in [6.45, 7) is 2.81. The number of hydrogen-bond acceptors (Lipinski definition) is 4. The number of piperidine rings is 1. The van der Waals surface area contributed by atoms with Crippen LogP contribution in [0.5, 0.6) is 0 Å². The number of likely N-dealkylation sites (tertiary alicyclic amines) is 1. The van der Waals surface area contributed by atoms with Crippen LogP contribution in [0.15, 0.2) is 30.3 Å². The number of benzene rings is 1. The minimum Gasteiger partial charge on any atom is -0.369 e. The highest BCUT2D eigenvalue weighted by molar-refractivity contribution is 5.93. The topological polar surface area (TPSA) is 94.1 Å². The van der Waals surface area contributed by atoms with E-state index >= 15 is 0 Å². The summed E-state index contributed by atoms with van der Waals surface area (Å²) >= 11 is 0. The summed E-state index contributed by atoms with van der Waals surface area (Å²) in [7, 11) is 0. The number of primary amides is 1. The van der Waals surface area contributed by atoms with Crippen LogP contribution in [-0.4, -0.2) is 44.8 Å². The molecule has 2 heterocycles. The smallest absolute Gasteiger partial charge is 0.276 e. The van der Waals surface area contributed by atoms with Crippen molar-refractivity contribution in [1.29, 1.82) is 0 Å². The Morgan fingerprint density at radius 3 is 2.39 bits per heavy atom. The molecule has 0 atom stereocenters. The number of amides is 2. The molecular formula is C16H19N5O2. The van der Waals surface area contributed by atoms with Crippen LogP contribution in [0.3, 0.4) is 0 Å². The van der Waals surface area contributed by atoms with Crippen LogP contribution in [0.2, 0.25) is 0 Å². The van der Waals surface area contributed by atoms with Gasteiger partial charge in [0.25, 0.3) is 5.91 Å². The van der Waals surface area contributed by atoms with Crippen LogP contribution < -0.4 is 5.73 Å². The number of hydrogen-bond donors (Lipinski definition) is 1. The first-order valence-corrected chi connectivity index (χ1v) is 7.64. The van der Waals surface area contributed by atoms with E-state index in [1.165, 1.54) is 4.80 Å². The van der Waals surface area contributed by atoms with Gasteiger partial charge in [-0.1, -0.05) is 18.2 Å². The Kier molecular flexibility index (Phi) is 4.10. The van der Waals surface area contributed by atoms with Crippen molar-refractivity contribution in [2.45, 2.75) is 19.8 Å². The minimum atomic E-state index is -0.289. The average Bonchev–Trinajstić information content (AvgIpc) is 2.97. The third-order valence-electron chi connectivity index (χ3n) is 4.16. The zero-order valence-electron chi connectivity index (χ0n) is 13.0. The fraction of sp³-hybridized carbons (Fsp3) is 0.375. The van der Waals surface area contributed by atoms with E-state index in [4.69, 9.17) is 5.73 Å². The largest absolute Gasteiger partial charge is 0.369 e. The lowest BCUT2D eigenvalue weighted by molar-refractivity contribution is -0.123. The Hall–Kier alpha value is -2.70. The predicted molar refractivity (Wildman–Crippen MR) is 83.9 cm³/mol. The number of nitrogens with zero attached hydrogens (tertiary/aromatic N) is 4. The second kappa shape index (κ2) is 6.20. The first-order chi connectivity index (χ1) is 11.1. The van der Waals surface area contributed by atoms with Gasteiger partial charge in [-0.15, -0.1) is 5.10 Å². The van der Waals surface area contributed by atoms with Gasteiger partial charge in [0.05, 0.1) is 11.4 Å². The summed E-state index contributed by atoms with van der Waals surface area (Å²) in [5.74, 6) is -0.573. The highest BCUT2D eigenvalue weighted by atomic mass is 16.2. The number of aryl methyl sites for hydroxylation is 1. The molecular weight excluding hydrogens is 294 g/mol. The van der Waals surface area contributed by atoms with Crippen molar-refractivity contribution in [2.24, 2.45) is 11.7 Å². The lowest BCUT2D eigenvalue weighted by Crippen LogP contribution is -2.42. The molecule has 0 unspecified atom stereocenters. The quantitative estimate of drug-likeness (QED) is 0.911. The van der Waals surface area contributed by atoms with E-state index in [2.05, 4.69) is 10.2 Å². The van der Waals surface area contributed by atoms with Crippen LogP contribution in [0.4, 0.5) is 0 Å². The SMILES string of the molecule is Cc1nn(-c2ccccc2)nc1C(=O)N1CCC(C(N)=O)CC1. The molecule has 1 aliphatic rings. The maximum Gasteiger partial charge on any atom is 0.276 e. The Morgan fingerprint density at radius 1 is 1.13 bits per heavy atom. The molecule has 0 bridgehead atoms. The fourth-order valence-corrected chi connectivity index (χ4v) is 2.77. The molecule has 2 amide bonds. The molecule has 7 nitrogen and oxygen atoms in total. The van der Waals surface area contributed by atoms with Crippen molar-refractivity contribution in [3.8, 4) is 5.69 Å². The molecule has 1 aromatic heterocycles. The molecule has 1 saturated heterocycles. The molecule has 23 heavy (non-hydrogen) atoms.